The number of carbonyl (C=O) groups is 1. The van der Waals surface area contributed by atoms with E-state index in [0.29, 0.717) is 11.1 Å². The number of nitrogens with zero attached hydrogens (tertiary/aromatic N) is 3. The Morgan fingerprint density at radius 3 is 2.44 bits per heavy atom. The molecule has 1 atom stereocenters. The van der Waals surface area contributed by atoms with Crippen LogP contribution >= 0.6 is 11.6 Å². The molecule has 0 aliphatic carbocycles. The fraction of sp³-hybridized carbons (Fsp3) is 0.250. The van der Waals surface area contributed by atoms with E-state index >= 15 is 4.39 Å². The molecule has 0 bridgehead atoms. The quantitative estimate of drug-likeness (QED) is 0.491. The average Bonchev–Trinajstić information content (AvgIpc) is 3.49. The smallest absolute Gasteiger partial charge is 0.334 e. The van der Waals surface area contributed by atoms with E-state index in [0.717, 1.165) is 24.3 Å². The van der Waals surface area contributed by atoms with Crippen LogP contribution in [0.25, 0.3) is 5.70 Å². The number of likely N-dealkylation sites (tertiary alicyclic amines) is 1. The highest BCUT2D eigenvalue weighted by Crippen LogP contribution is 2.48. The zero-order valence-electron chi connectivity index (χ0n) is 18.4. The second-order valence-corrected chi connectivity index (χ2v) is 9.03. The number of alkyl halides is 4. The van der Waals surface area contributed by atoms with Crippen LogP contribution in [0.1, 0.15) is 16.7 Å². The van der Waals surface area contributed by atoms with E-state index in [1.807, 2.05) is 0 Å². The van der Waals surface area contributed by atoms with Crippen molar-refractivity contribution in [1.82, 2.24) is 20.2 Å². The topological polar surface area (TPSA) is 59.4 Å². The Bertz CT molecular complexity index is 1320. The lowest BCUT2D eigenvalue weighted by molar-refractivity contribution is -0.269. The molecule has 12 heteroatoms. The lowest BCUT2D eigenvalue weighted by Crippen LogP contribution is -2.59. The molecule has 1 N–H and O–H groups in total. The molecule has 1 saturated heterocycles. The number of hydrogen-bond acceptors (Lipinski definition) is 4. The van der Waals surface area contributed by atoms with Gasteiger partial charge >= 0.3 is 6.18 Å². The Hall–Kier alpha value is -3.44. The van der Waals surface area contributed by atoms with Gasteiger partial charge in [0.15, 0.2) is 5.67 Å². The van der Waals surface area contributed by atoms with E-state index in [4.69, 9.17) is 16.4 Å². The van der Waals surface area contributed by atoms with Crippen molar-refractivity contribution < 1.29 is 31.6 Å². The Balaban J connectivity index is 1.33. The molecule has 0 radical (unpaired) electrons. The van der Waals surface area contributed by atoms with Crippen molar-refractivity contribution in [2.45, 2.75) is 24.0 Å². The van der Waals surface area contributed by atoms with Crippen molar-refractivity contribution >= 4 is 23.2 Å². The summed E-state index contributed by atoms with van der Waals surface area (Å²) in [5.41, 5.74) is -2.19. The van der Waals surface area contributed by atoms with Gasteiger partial charge in [0.05, 0.1) is 23.8 Å². The fourth-order valence-electron chi connectivity index (χ4n) is 4.21. The average molecular weight is 525 g/mol. The van der Waals surface area contributed by atoms with Crippen molar-refractivity contribution in [3.05, 3.63) is 94.5 Å². The van der Waals surface area contributed by atoms with Crippen LogP contribution in [0.5, 0.6) is 0 Å². The van der Waals surface area contributed by atoms with E-state index in [2.05, 4.69) is 10.6 Å². The summed E-state index contributed by atoms with van der Waals surface area (Å²) >= 11 is 5.70. The van der Waals surface area contributed by atoms with E-state index in [9.17, 15) is 22.4 Å². The molecule has 3 heterocycles. The van der Waals surface area contributed by atoms with Crippen LogP contribution in [0.15, 0.2) is 67.0 Å². The van der Waals surface area contributed by atoms with Crippen molar-refractivity contribution in [3.63, 3.8) is 0 Å². The largest absolute Gasteiger partial charge is 0.428 e. The highest BCUT2D eigenvalue weighted by Gasteiger charge is 2.59. The van der Waals surface area contributed by atoms with Crippen molar-refractivity contribution in [2.75, 3.05) is 13.1 Å². The molecule has 2 aliphatic heterocycles. The molecule has 0 spiro atoms. The van der Waals surface area contributed by atoms with Crippen LogP contribution in [-0.2, 0) is 27.4 Å². The zero-order valence-corrected chi connectivity index (χ0v) is 19.2. The number of amides is 1. The van der Waals surface area contributed by atoms with Crippen LogP contribution in [0.2, 0.25) is 5.02 Å². The van der Waals surface area contributed by atoms with E-state index in [1.54, 1.807) is 12.3 Å². The second-order valence-electron chi connectivity index (χ2n) is 8.62. The highest BCUT2D eigenvalue weighted by molar-refractivity contribution is 6.30. The van der Waals surface area contributed by atoms with Crippen LogP contribution < -0.4 is 5.48 Å². The van der Waals surface area contributed by atoms with E-state index < -0.39 is 33.8 Å². The SMILES string of the molecule is O=C(Cn1cccn1)N1CC(F)(c2ccc(C3=CC(c4ccc(F)c(Cl)c4)(C(F)(F)F)ON3)cc2)C1. The summed E-state index contributed by atoms with van der Waals surface area (Å²) in [5, 5.41) is 3.48. The Labute approximate surface area is 206 Å². The maximum atomic E-state index is 15.3. The highest BCUT2D eigenvalue weighted by atomic mass is 35.5. The van der Waals surface area contributed by atoms with Crippen LogP contribution in [0, 0.1) is 5.82 Å². The number of hydrogen-bond donors (Lipinski definition) is 1. The second kappa shape index (κ2) is 8.59. The zero-order chi connectivity index (χ0) is 25.7. The molecule has 3 aromatic rings. The number of rotatable bonds is 5. The minimum atomic E-state index is -4.90. The lowest BCUT2D eigenvalue weighted by Gasteiger charge is -2.44. The number of benzene rings is 2. The first-order valence-electron chi connectivity index (χ1n) is 10.7. The number of carbonyl (C=O) groups excluding carboxylic acids is 1. The van der Waals surface area contributed by atoms with E-state index in [1.165, 1.54) is 40.0 Å². The first kappa shape index (κ1) is 24.3. The molecular weight excluding hydrogens is 507 g/mol. The minimum Gasteiger partial charge on any atom is -0.334 e. The fourth-order valence-corrected chi connectivity index (χ4v) is 4.39. The molecule has 5 rings (SSSR count). The number of nitrogens with one attached hydrogen (secondary N) is 1. The van der Waals surface area contributed by atoms with Crippen molar-refractivity contribution in [1.29, 1.82) is 0 Å². The molecule has 2 aliphatic rings. The summed E-state index contributed by atoms with van der Waals surface area (Å²) in [6.07, 6.45) is -0.899. The maximum Gasteiger partial charge on any atom is 0.428 e. The Kier molecular flexibility index (Phi) is 5.79. The van der Waals surface area contributed by atoms with Gasteiger partial charge in [0.25, 0.3) is 0 Å². The van der Waals surface area contributed by atoms with Gasteiger partial charge in [-0.3, -0.25) is 19.8 Å². The van der Waals surface area contributed by atoms with Crippen LogP contribution in [0.3, 0.4) is 0 Å². The van der Waals surface area contributed by atoms with Crippen LogP contribution in [-0.4, -0.2) is 39.9 Å². The first-order chi connectivity index (χ1) is 17.0. The molecule has 1 fully saturated rings. The molecule has 2 aromatic carbocycles. The van der Waals surface area contributed by atoms with Crippen LogP contribution in [0.4, 0.5) is 22.0 Å². The van der Waals surface area contributed by atoms with Gasteiger partial charge in [0.1, 0.15) is 12.4 Å². The predicted octanol–water partition coefficient (Wildman–Crippen LogP) is 4.72. The summed E-state index contributed by atoms with van der Waals surface area (Å²) in [4.78, 5) is 18.6. The third kappa shape index (κ3) is 4.11. The number of halogens is 6. The molecular formula is C24H18ClF5N4O2. The number of hydroxylamine groups is 1. The van der Waals surface area contributed by atoms with Gasteiger partial charge in [-0.25, -0.2) is 8.78 Å². The van der Waals surface area contributed by atoms with Gasteiger partial charge in [-0.1, -0.05) is 41.9 Å². The van der Waals surface area contributed by atoms with E-state index in [-0.39, 0.29) is 31.2 Å². The standard InChI is InChI=1S/C24H18ClF5N4O2/c25-18-10-17(6-7-19(18)26)23(24(28,29)30)11-20(32-36-23)15-2-4-16(5-3-15)22(27)13-33(14-22)21(35)12-34-9-1-8-31-34/h1-11,32H,12-14H2. The monoisotopic (exact) mass is 524 g/mol. The molecule has 6 nitrogen and oxygen atoms in total. The summed E-state index contributed by atoms with van der Waals surface area (Å²) in [6, 6.07) is 10.1. The summed E-state index contributed by atoms with van der Waals surface area (Å²) in [5.74, 6) is -1.13. The first-order valence-corrected chi connectivity index (χ1v) is 11.1. The molecule has 0 saturated carbocycles. The van der Waals surface area contributed by atoms with Gasteiger partial charge < -0.3 is 4.90 Å². The maximum absolute atomic E-state index is 15.3. The predicted molar refractivity (Wildman–Crippen MR) is 119 cm³/mol. The van der Waals surface area contributed by atoms with Gasteiger partial charge in [-0.2, -0.15) is 18.3 Å². The lowest BCUT2D eigenvalue weighted by atomic mass is 9.87. The molecule has 1 unspecified atom stereocenters. The van der Waals surface area contributed by atoms with Gasteiger partial charge in [-0.05, 0) is 35.4 Å². The molecule has 188 valence electrons. The van der Waals surface area contributed by atoms with Crippen molar-refractivity contribution in [2.24, 2.45) is 0 Å². The van der Waals surface area contributed by atoms with Gasteiger partial charge in [0, 0.05) is 18.0 Å². The minimum absolute atomic E-state index is 0.00205. The third-order valence-corrected chi connectivity index (χ3v) is 6.53. The van der Waals surface area contributed by atoms with Crippen molar-refractivity contribution in [3.8, 4) is 0 Å². The Morgan fingerprint density at radius 1 is 1.14 bits per heavy atom. The van der Waals surface area contributed by atoms with Gasteiger partial charge in [-0.15, -0.1) is 0 Å². The number of aromatic nitrogens is 2. The summed E-state index contributed by atoms with van der Waals surface area (Å²) in [6.45, 7) is -0.278. The summed E-state index contributed by atoms with van der Waals surface area (Å²) in [7, 11) is 0. The third-order valence-electron chi connectivity index (χ3n) is 6.24. The molecule has 1 amide bonds. The van der Waals surface area contributed by atoms with Gasteiger partial charge in [0.2, 0.25) is 11.5 Å². The molecule has 36 heavy (non-hydrogen) atoms. The molecule has 1 aromatic heterocycles. The Morgan fingerprint density at radius 2 is 1.83 bits per heavy atom. The summed E-state index contributed by atoms with van der Waals surface area (Å²) < 4.78 is 72.6. The normalized spacial score (nSPS) is 21.1.